The van der Waals surface area contributed by atoms with Gasteiger partial charge in [0.2, 0.25) is 11.0 Å². The van der Waals surface area contributed by atoms with Crippen molar-refractivity contribution < 1.29 is 17.6 Å². The van der Waals surface area contributed by atoms with Gasteiger partial charge in [-0.05, 0) is 18.1 Å². The van der Waals surface area contributed by atoms with Crippen LogP contribution in [0.4, 0.5) is 0 Å². The van der Waals surface area contributed by atoms with Gasteiger partial charge in [0.1, 0.15) is 5.76 Å². The standard InChI is InChI=1S/C12H21N3O4S/c1-9(2)7-15-11(16)5-6-14-8-10-3-4-12(19-10)20(13,17)18/h3-4,9,14H,5-8H2,1-2H3,(H,15,16)(H2,13,17,18). The van der Waals surface area contributed by atoms with Crippen molar-refractivity contribution in [1.29, 1.82) is 0 Å². The van der Waals surface area contributed by atoms with Gasteiger partial charge in [0.25, 0.3) is 10.0 Å². The number of furan rings is 1. The Hall–Kier alpha value is -1.38. The highest BCUT2D eigenvalue weighted by Crippen LogP contribution is 2.11. The van der Waals surface area contributed by atoms with Crippen molar-refractivity contribution in [2.75, 3.05) is 13.1 Å². The lowest BCUT2D eigenvalue weighted by Crippen LogP contribution is -2.30. The fraction of sp³-hybridized carbons (Fsp3) is 0.583. The van der Waals surface area contributed by atoms with E-state index in [1.165, 1.54) is 12.1 Å². The van der Waals surface area contributed by atoms with Crippen LogP contribution < -0.4 is 15.8 Å². The highest BCUT2D eigenvalue weighted by molar-refractivity contribution is 7.89. The summed E-state index contributed by atoms with van der Waals surface area (Å²) in [5, 5.41) is 10.5. The van der Waals surface area contributed by atoms with Crippen molar-refractivity contribution >= 4 is 15.9 Å². The summed E-state index contributed by atoms with van der Waals surface area (Å²) in [6, 6.07) is 2.84. The topological polar surface area (TPSA) is 114 Å². The number of hydrogen-bond donors (Lipinski definition) is 3. The highest BCUT2D eigenvalue weighted by Gasteiger charge is 2.12. The van der Waals surface area contributed by atoms with Crippen molar-refractivity contribution in [2.45, 2.75) is 31.9 Å². The number of carbonyl (C=O) groups is 1. The Balaban J connectivity index is 2.25. The zero-order chi connectivity index (χ0) is 15.2. The third-order valence-corrected chi connectivity index (χ3v) is 3.23. The molecule has 0 unspecified atom stereocenters. The molecule has 0 aromatic carbocycles. The fourth-order valence-corrected chi connectivity index (χ4v) is 1.91. The average molecular weight is 303 g/mol. The summed E-state index contributed by atoms with van der Waals surface area (Å²) >= 11 is 0. The SMILES string of the molecule is CC(C)CNC(=O)CCNCc1ccc(S(N)(=O)=O)o1. The molecule has 0 saturated heterocycles. The van der Waals surface area contributed by atoms with Crippen LogP contribution in [-0.2, 0) is 21.4 Å². The summed E-state index contributed by atoms with van der Waals surface area (Å²) in [5.74, 6) is 0.860. The summed E-state index contributed by atoms with van der Waals surface area (Å²) in [7, 11) is -3.80. The molecule has 20 heavy (non-hydrogen) atoms. The van der Waals surface area contributed by atoms with Gasteiger partial charge in [-0.15, -0.1) is 0 Å². The summed E-state index contributed by atoms with van der Waals surface area (Å²) in [4.78, 5) is 11.4. The maximum absolute atomic E-state index is 11.4. The molecule has 0 fully saturated rings. The lowest BCUT2D eigenvalue weighted by Gasteiger charge is -2.07. The van der Waals surface area contributed by atoms with E-state index < -0.39 is 10.0 Å². The normalized spacial score (nSPS) is 11.8. The first-order chi connectivity index (χ1) is 9.29. The predicted molar refractivity (Wildman–Crippen MR) is 74.3 cm³/mol. The maximum atomic E-state index is 11.4. The summed E-state index contributed by atoms with van der Waals surface area (Å²) in [5.41, 5.74) is 0. The Morgan fingerprint density at radius 2 is 2.10 bits per heavy atom. The molecule has 0 aliphatic heterocycles. The van der Waals surface area contributed by atoms with Gasteiger partial charge in [-0.2, -0.15) is 0 Å². The molecule has 0 atom stereocenters. The molecule has 8 heteroatoms. The zero-order valence-corrected chi connectivity index (χ0v) is 12.5. The van der Waals surface area contributed by atoms with Gasteiger partial charge < -0.3 is 15.1 Å². The number of sulfonamides is 1. The molecule has 1 aromatic rings. The van der Waals surface area contributed by atoms with Gasteiger partial charge in [0.05, 0.1) is 6.54 Å². The van der Waals surface area contributed by atoms with Crippen molar-refractivity contribution in [1.82, 2.24) is 10.6 Å². The number of nitrogens with two attached hydrogens (primary N) is 1. The Labute approximate surface area is 119 Å². The Kier molecular flexibility index (Phi) is 6.18. The van der Waals surface area contributed by atoms with Gasteiger partial charge in [0.15, 0.2) is 0 Å². The van der Waals surface area contributed by atoms with E-state index in [9.17, 15) is 13.2 Å². The monoisotopic (exact) mass is 303 g/mol. The van der Waals surface area contributed by atoms with Crippen LogP contribution in [-0.4, -0.2) is 27.4 Å². The largest absolute Gasteiger partial charge is 0.447 e. The molecule has 0 aliphatic carbocycles. The third-order valence-electron chi connectivity index (χ3n) is 2.45. The van der Waals surface area contributed by atoms with Crippen LogP contribution in [0.25, 0.3) is 0 Å². The van der Waals surface area contributed by atoms with Gasteiger partial charge in [-0.3, -0.25) is 4.79 Å². The smallest absolute Gasteiger partial charge is 0.271 e. The molecule has 114 valence electrons. The number of rotatable bonds is 8. The number of nitrogens with one attached hydrogen (secondary N) is 2. The minimum Gasteiger partial charge on any atom is -0.447 e. The minimum atomic E-state index is -3.80. The van der Waals surface area contributed by atoms with E-state index >= 15 is 0 Å². The maximum Gasteiger partial charge on any atom is 0.271 e. The second kappa shape index (κ2) is 7.41. The highest BCUT2D eigenvalue weighted by atomic mass is 32.2. The second-order valence-corrected chi connectivity index (χ2v) is 6.38. The number of amides is 1. The molecule has 7 nitrogen and oxygen atoms in total. The van der Waals surface area contributed by atoms with Gasteiger partial charge in [0, 0.05) is 19.5 Å². The molecule has 1 heterocycles. The number of carbonyl (C=O) groups excluding carboxylic acids is 1. The van der Waals surface area contributed by atoms with Crippen LogP contribution >= 0.6 is 0 Å². The lowest BCUT2D eigenvalue weighted by molar-refractivity contribution is -0.121. The van der Waals surface area contributed by atoms with Gasteiger partial charge in [-0.1, -0.05) is 13.8 Å². The van der Waals surface area contributed by atoms with Gasteiger partial charge in [-0.25, -0.2) is 13.6 Å². The van der Waals surface area contributed by atoms with Crippen LogP contribution in [0.1, 0.15) is 26.0 Å². The van der Waals surface area contributed by atoms with E-state index in [2.05, 4.69) is 10.6 Å². The molecule has 1 rings (SSSR count). The summed E-state index contributed by atoms with van der Waals surface area (Å²) in [6.07, 6.45) is 0.357. The van der Waals surface area contributed by atoms with E-state index in [1.807, 2.05) is 13.8 Å². The molecule has 1 aromatic heterocycles. The third kappa shape index (κ3) is 6.18. The van der Waals surface area contributed by atoms with Gasteiger partial charge >= 0.3 is 0 Å². The predicted octanol–water partition coefficient (Wildman–Crippen LogP) is 0.179. The molecule has 0 spiro atoms. The summed E-state index contributed by atoms with van der Waals surface area (Å²) in [6.45, 7) is 5.54. The van der Waals surface area contributed by atoms with E-state index in [1.54, 1.807) is 0 Å². The van der Waals surface area contributed by atoms with E-state index in [-0.39, 0.29) is 11.0 Å². The van der Waals surface area contributed by atoms with Crippen molar-refractivity contribution in [3.63, 3.8) is 0 Å². The molecule has 4 N–H and O–H groups in total. The minimum absolute atomic E-state index is 0.0177. The molecule has 1 amide bonds. The first-order valence-electron chi connectivity index (χ1n) is 6.38. The van der Waals surface area contributed by atoms with Crippen LogP contribution in [0.5, 0.6) is 0 Å². The first-order valence-corrected chi connectivity index (χ1v) is 7.92. The first kappa shape index (κ1) is 16.7. The molecule has 0 bridgehead atoms. The van der Waals surface area contributed by atoms with Crippen molar-refractivity contribution in [2.24, 2.45) is 11.1 Å². The molecule has 0 aliphatic rings. The molecule has 0 radical (unpaired) electrons. The van der Waals surface area contributed by atoms with Crippen molar-refractivity contribution in [3.8, 4) is 0 Å². The summed E-state index contributed by atoms with van der Waals surface area (Å²) < 4.78 is 27.1. The quantitative estimate of drug-likeness (QED) is 0.593. The number of primary sulfonamides is 1. The Morgan fingerprint density at radius 1 is 1.40 bits per heavy atom. The van der Waals surface area contributed by atoms with Crippen LogP contribution in [0.2, 0.25) is 0 Å². The fourth-order valence-electron chi connectivity index (χ4n) is 1.43. The van der Waals surface area contributed by atoms with E-state index in [4.69, 9.17) is 9.56 Å². The van der Waals surface area contributed by atoms with Crippen LogP contribution in [0.3, 0.4) is 0 Å². The van der Waals surface area contributed by atoms with E-state index in [0.29, 0.717) is 37.7 Å². The zero-order valence-electron chi connectivity index (χ0n) is 11.7. The Morgan fingerprint density at radius 3 is 2.65 bits per heavy atom. The average Bonchev–Trinajstić information content (AvgIpc) is 2.80. The molecular formula is C12H21N3O4S. The Bertz CT molecular complexity index is 537. The lowest BCUT2D eigenvalue weighted by atomic mass is 10.2. The van der Waals surface area contributed by atoms with E-state index in [0.717, 1.165) is 0 Å². The van der Waals surface area contributed by atoms with Crippen LogP contribution in [0, 0.1) is 5.92 Å². The molecule has 0 saturated carbocycles. The second-order valence-electron chi connectivity index (χ2n) is 4.89. The number of hydrogen-bond acceptors (Lipinski definition) is 5. The van der Waals surface area contributed by atoms with Crippen molar-refractivity contribution in [3.05, 3.63) is 17.9 Å². The van der Waals surface area contributed by atoms with Crippen LogP contribution in [0.15, 0.2) is 21.6 Å². The molecular weight excluding hydrogens is 282 g/mol.